The number of pyridine rings is 1. The number of hydrogen-bond acceptors (Lipinski definition) is 4. The third-order valence-corrected chi connectivity index (χ3v) is 7.21. The van der Waals surface area contributed by atoms with E-state index in [-0.39, 0.29) is 5.91 Å². The van der Waals surface area contributed by atoms with Crippen molar-refractivity contribution in [3.8, 4) is 0 Å². The number of rotatable bonds is 6. The third-order valence-electron chi connectivity index (χ3n) is 6.20. The Labute approximate surface area is 172 Å². The Hall–Kier alpha value is -1.72. The number of thiophene rings is 1. The molecule has 0 radical (unpaired) electrons. The highest BCUT2D eigenvalue weighted by atomic mass is 32.1. The van der Waals surface area contributed by atoms with Gasteiger partial charge in [0.15, 0.2) is 0 Å². The lowest BCUT2D eigenvalue weighted by Crippen LogP contribution is -2.36. The summed E-state index contributed by atoms with van der Waals surface area (Å²) in [6, 6.07) is 4.78. The summed E-state index contributed by atoms with van der Waals surface area (Å²) < 4.78 is 0. The van der Waals surface area contributed by atoms with Crippen LogP contribution in [-0.4, -0.2) is 39.8 Å². The van der Waals surface area contributed by atoms with E-state index in [1.54, 1.807) is 11.3 Å². The van der Waals surface area contributed by atoms with Crippen LogP contribution in [0, 0.1) is 0 Å². The molecule has 4 rings (SSSR count). The zero-order chi connectivity index (χ0) is 19.5. The van der Waals surface area contributed by atoms with Gasteiger partial charge in [0.25, 0.3) is 5.91 Å². The topological polar surface area (TPSA) is 36.4 Å². The summed E-state index contributed by atoms with van der Waals surface area (Å²) in [7, 11) is 0. The molecule has 2 aromatic heterocycles. The number of hydrogen-bond donors (Lipinski definition) is 0. The molecule has 0 aromatic carbocycles. The highest BCUT2D eigenvalue weighted by molar-refractivity contribution is 7.10. The van der Waals surface area contributed by atoms with Crippen LogP contribution in [0.3, 0.4) is 0 Å². The minimum atomic E-state index is 0.277. The van der Waals surface area contributed by atoms with Crippen LogP contribution in [0.15, 0.2) is 23.7 Å². The highest BCUT2D eigenvalue weighted by Gasteiger charge is 2.32. The van der Waals surface area contributed by atoms with Crippen LogP contribution in [0.25, 0.3) is 0 Å². The van der Waals surface area contributed by atoms with Gasteiger partial charge in [0.05, 0.1) is 11.3 Å². The summed E-state index contributed by atoms with van der Waals surface area (Å²) in [5.41, 5.74) is 4.71. The van der Waals surface area contributed by atoms with Crippen LogP contribution in [-0.2, 0) is 25.9 Å². The summed E-state index contributed by atoms with van der Waals surface area (Å²) >= 11 is 1.76. The lowest BCUT2D eigenvalue weighted by Gasteiger charge is -2.28. The molecule has 0 saturated carbocycles. The average Bonchev–Trinajstić information content (AvgIpc) is 3.35. The maximum Gasteiger partial charge on any atom is 0.255 e. The van der Waals surface area contributed by atoms with Crippen molar-refractivity contribution < 1.29 is 4.79 Å². The van der Waals surface area contributed by atoms with Gasteiger partial charge in [-0.05, 0) is 49.3 Å². The van der Waals surface area contributed by atoms with E-state index >= 15 is 0 Å². The SMILES string of the molecule is CCC[C@@H]1CCCN1C(=O)c1csc2c1CCN(Cc1ccc(CC)cn1)C2. The standard InChI is InChI=1S/C23H31N3OS/c1-3-6-19-7-5-11-26(19)23(27)21-16-28-22-15-25(12-10-20(21)22)14-18-9-8-17(4-2)13-24-18/h8-9,13,16,19H,3-7,10-12,14-15H2,1-2H3/t19-/m1/s1. The summed E-state index contributed by atoms with van der Waals surface area (Å²) in [4.78, 5) is 23.8. The van der Waals surface area contributed by atoms with Crippen molar-refractivity contribution in [3.63, 3.8) is 0 Å². The Morgan fingerprint density at radius 2 is 2.18 bits per heavy atom. The summed E-state index contributed by atoms with van der Waals surface area (Å²) in [6.45, 7) is 8.12. The van der Waals surface area contributed by atoms with Gasteiger partial charge in [0.2, 0.25) is 0 Å². The van der Waals surface area contributed by atoms with E-state index in [1.165, 1.54) is 22.4 Å². The van der Waals surface area contributed by atoms with Gasteiger partial charge in [-0.3, -0.25) is 14.7 Å². The van der Waals surface area contributed by atoms with E-state index in [4.69, 9.17) is 0 Å². The molecule has 1 atom stereocenters. The minimum absolute atomic E-state index is 0.277. The van der Waals surface area contributed by atoms with E-state index in [2.05, 4.69) is 46.1 Å². The molecule has 2 aliphatic rings. The summed E-state index contributed by atoms with van der Waals surface area (Å²) in [5.74, 6) is 0.277. The molecule has 0 unspecified atom stereocenters. The fourth-order valence-corrected chi connectivity index (χ4v) is 5.69. The normalized spacial score (nSPS) is 19.8. The van der Waals surface area contributed by atoms with Crippen LogP contribution in [0.5, 0.6) is 0 Å². The van der Waals surface area contributed by atoms with E-state index < -0.39 is 0 Å². The molecule has 150 valence electrons. The van der Waals surface area contributed by atoms with Crippen LogP contribution in [0.2, 0.25) is 0 Å². The second-order valence-corrected chi connectivity index (χ2v) is 9.07. The van der Waals surface area contributed by atoms with Crippen molar-refractivity contribution in [1.82, 2.24) is 14.8 Å². The van der Waals surface area contributed by atoms with Gasteiger partial charge in [-0.1, -0.05) is 26.3 Å². The predicted molar refractivity (Wildman–Crippen MR) is 115 cm³/mol. The van der Waals surface area contributed by atoms with Gasteiger partial charge in [-0.25, -0.2) is 0 Å². The number of nitrogens with zero attached hydrogens (tertiary/aromatic N) is 3. The Morgan fingerprint density at radius 3 is 2.93 bits per heavy atom. The molecule has 2 aliphatic heterocycles. The first kappa shape index (κ1) is 19.6. The predicted octanol–water partition coefficient (Wildman–Crippen LogP) is 4.67. The molecule has 4 heterocycles. The van der Waals surface area contributed by atoms with Gasteiger partial charge < -0.3 is 4.90 Å². The van der Waals surface area contributed by atoms with Gasteiger partial charge in [0, 0.05) is 48.7 Å². The zero-order valence-corrected chi connectivity index (χ0v) is 17.9. The molecule has 0 spiro atoms. The van der Waals surface area contributed by atoms with Crippen LogP contribution in [0.1, 0.15) is 71.6 Å². The number of carbonyl (C=O) groups excluding carboxylic acids is 1. The van der Waals surface area contributed by atoms with E-state index in [0.717, 1.165) is 69.5 Å². The molecular formula is C23H31N3OS. The fourth-order valence-electron chi connectivity index (χ4n) is 4.57. The molecule has 0 aliphatic carbocycles. The maximum absolute atomic E-state index is 13.2. The molecule has 2 aromatic rings. The Balaban J connectivity index is 1.43. The maximum atomic E-state index is 13.2. The second kappa shape index (κ2) is 8.75. The number of likely N-dealkylation sites (tertiary alicyclic amines) is 1. The van der Waals surface area contributed by atoms with Crippen molar-refractivity contribution in [2.24, 2.45) is 0 Å². The minimum Gasteiger partial charge on any atom is -0.336 e. The Morgan fingerprint density at radius 1 is 1.29 bits per heavy atom. The molecule has 1 amide bonds. The number of amides is 1. The molecule has 28 heavy (non-hydrogen) atoms. The zero-order valence-electron chi connectivity index (χ0n) is 17.1. The first-order valence-corrected chi connectivity index (χ1v) is 11.6. The molecular weight excluding hydrogens is 366 g/mol. The van der Waals surface area contributed by atoms with Gasteiger partial charge in [-0.15, -0.1) is 11.3 Å². The quantitative estimate of drug-likeness (QED) is 0.711. The largest absolute Gasteiger partial charge is 0.336 e. The first-order valence-electron chi connectivity index (χ1n) is 10.8. The van der Waals surface area contributed by atoms with E-state index in [9.17, 15) is 4.79 Å². The second-order valence-electron chi connectivity index (χ2n) is 8.11. The molecule has 0 N–H and O–H groups in total. The number of aromatic nitrogens is 1. The smallest absolute Gasteiger partial charge is 0.255 e. The number of carbonyl (C=O) groups is 1. The van der Waals surface area contributed by atoms with Crippen molar-refractivity contribution >= 4 is 17.2 Å². The lowest BCUT2D eigenvalue weighted by molar-refractivity contribution is 0.0728. The van der Waals surface area contributed by atoms with Gasteiger partial charge in [0.1, 0.15) is 0 Å². The van der Waals surface area contributed by atoms with Crippen LogP contribution >= 0.6 is 11.3 Å². The van der Waals surface area contributed by atoms with Crippen molar-refractivity contribution in [2.75, 3.05) is 13.1 Å². The molecule has 4 nitrogen and oxygen atoms in total. The Bertz CT molecular complexity index is 814. The molecule has 1 saturated heterocycles. The molecule has 1 fully saturated rings. The van der Waals surface area contributed by atoms with Crippen molar-refractivity contribution in [2.45, 2.75) is 71.5 Å². The molecule has 5 heteroatoms. The van der Waals surface area contributed by atoms with E-state index in [0.29, 0.717) is 6.04 Å². The van der Waals surface area contributed by atoms with Crippen molar-refractivity contribution in [3.05, 3.63) is 51.0 Å². The molecule has 0 bridgehead atoms. The average molecular weight is 398 g/mol. The third kappa shape index (κ3) is 4.01. The van der Waals surface area contributed by atoms with Crippen molar-refractivity contribution in [1.29, 1.82) is 0 Å². The van der Waals surface area contributed by atoms with E-state index in [1.807, 2.05) is 6.20 Å². The summed E-state index contributed by atoms with van der Waals surface area (Å²) in [5, 5.41) is 2.12. The van der Waals surface area contributed by atoms with Crippen LogP contribution < -0.4 is 0 Å². The van der Waals surface area contributed by atoms with Gasteiger partial charge >= 0.3 is 0 Å². The summed E-state index contributed by atoms with van der Waals surface area (Å²) in [6.07, 6.45) is 8.61. The highest BCUT2D eigenvalue weighted by Crippen LogP contribution is 2.32. The number of fused-ring (bicyclic) bond motifs is 1. The lowest BCUT2D eigenvalue weighted by atomic mass is 10.0. The number of aryl methyl sites for hydroxylation is 1. The van der Waals surface area contributed by atoms with Gasteiger partial charge in [-0.2, -0.15) is 0 Å². The Kier molecular flexibility index (Phi) is 6.12. The monoisotopic (exact) mass is 397 g/mol. The first-order chi connectivity index (χ1) is 13.7. The fraction of sp³-hybridized carbons (Fsp3) is 0.565. The van der Waals surface area contributed by atoms with Crippen LogP contribution in [0.4, 0.5) is 0 Å².